The van der Waals surface area contributed by atoms with Gasteiger partial charge in [0.2, 0.25) is 9.84 Å². The SMILES string of the molecule is CC(NCc1ccc(Cl)c(S(=O)(=O)c2ccccc2)c1)c1cccc(Cl)c1. The highest BCUT2D eigenvalue weighted by Crippen LogP contribution is 2.28. The van der Waals surface area contributed by atoms with E-state index in [9.17, 15) is 8.42 Å². The molecular formula is C21H19Cl2NO2S. The first-order chi connectivity index (χ1) is 12.9. The van der Waals surface area contributed by atoms with Crippen molar-refractivity contribution in [3.8, 4) is 0 Å². The van der Waals surface area contributed by atoms with Gasteiger partial charge in [0.1, 0.15) is 0 Å². The van der Waals surface area contributed by atoms with Gasteiger partial charge in [-0.05, 0) is 54.4 Å². The highest BCUT2D eigenvalue weighted by molar-refractivity contribution is 7.91. The van der Waals surface area contributed by atoms with Gasteiger partial charge in [-0.3, -0.25) is 0 Å². The Morgan fingerprint density at radius 2 is 1.67 bits per heavy atom. The van der Waals surface area contributed by atoms with Gasteiger partial charge in [0.05, 0.1) is 14.8 Å². The van der Waals surface area contributed by atoms with Gasteiger partial charge in [-0.25, -0.2) is 8.42 Å². The zero-order valence-electron chi connectivity index (χ0n) is 14.7. The molecule has 6 heteroatoms. The number of halogens is 2. The molecule has 3 aromatic rings. The normalized spacial score (nSPS) is 12.7. The Morgan fingerprint density at radius 1 is 0.926 bits per heavy atom. The number of benzene rings is 3. The quantitative estimate of drug-likeness (QED) is 0.558. The summed E-state index contributed by atoms with van der Waals surface area (Å²) in [5.74, 6) is 0. The molecule has 0 bridgehead atoms. The van der Waals surface area contributed by atoms with Gasteiger partial charge in [-0.2, -0.15) is 0 Å². The molecule has 1 N–H and O–H groups in total. The van der Waals surface area contributed by atoms with Crippen LogP contribution in [0, 0.1) is 0 Å². The molecule has 0 aliphatic carbocycles. The van der Waals surface area contributed by atoms with Gasteiger partial charge in [0, 0.05) is 17.6 Å². The molecule has 0 amide bonds. The summed E-state index contributed by atoms with van der Waals surface area (Å²) in [5, 5.41) is 4.28. The summed E-state index contributed by atoms with van der Waals surface area (Å²) in [6.07, 6.45) is 0. The molecule has 0 radical (unpaired) electrons. The minimum Gasteiger partial charge on any atom is -0.306 e. The lowest BCUT2D eigenvalue weighted by atomic mass is 10.1. The first-order valence-corrected chi connectivity index (χ1v) is 10.7. The molecule has 0 spiro atoms. The van der Waals surface area contributed by atoms with E-state index in [4.69, 9.17) is 23.2 Å². The van der Waals surface area contributed by atoms with Crippen LogP contribution in [0.25, 0.3) is 0 Å². The molecule has 0 saturated heterocycles. The molecule has 0 aromatic heterocycles. The average Bonchev–Trinajstić information content (AvgIpc) is 2.67. The topological polar surface area (TPSA) is 46.2 Å². The molecule has 1 atom stereocenters. The van der Waals surface area contributed by atoms with E-state index in [0.717, 1.165) is 11.1 Å². The Labute approximate surface area is 169 Å². The van der Waals surface area contributed by atoms with Crippen LogP contribution in [-0.2, 0) is 16.4 Å². The van der Waals surface area contributed by atoms with Crippen LogP contribution in [0.4, 0.5) is 0 Å². The lowest BCUT2D eigenvalue weighted by molar-refractivity contribution is 0.573. The van der Waals surface area contributed by atoms with Gasteiger partial charge in [0.25, 0.3) is 0 Å². The van der Waals surface area contributed by atoms with Crippen molar-refractivity contribution in [2.24, 2.45) is 0 Å². The van der Waals surface area contributed by atoms with Crippen LogP contribution in [0.3, 0.4) is 0 Å². The van der Waals surface area contributed by atoms with Crippen molar-refractivity contribution >= 4 is 33.0 Å². The van der Waals surface area contributed by atoms with Crippen LogP contribution < -0.4 is 5.32 Å². The number of hydrogen-bond acceptors (Lipinski definition) is 3. The molecule has 0 fully saturated rings. The molecule has 0 aliphatic heterocycles. The van der Waals surface area contributed by atoms with Crippen LogP contribution in [0.2, 0.25) is 10.0 Å². The van der Waals surface area contributed by atoms with Gasteiger partial charge in [-0.15, -0.1) is 0 Å². The second-order valence-electron chi connectivity index (χ2n) is 6.24. The Hall–Kier alpha value is -1.85. The Bertz CT molecular complexity index is 1040. The predicted octanol–water partition coefficient (Wildman–Crippen LogP) is 5.68. The van der Waals surface area contributed by atoms with E-state index >= 15 is 0 Å². The lowest BCUT2D eigenvalue weighted by Gasteiger charge is -2.15. The minimum absolute atomic E-state index is 0.0635. The van der Waals surface area contributed by atoms with Gasteiger partial charge in [-0.1, -0.05) is 59.6 Å². The van der Waals surface area contributed by atoms with Crippen molar-refractivity contribution in [3.63, 3.8) is 0 Å². The molecule has 3 aromatic carbocycles. The fraction of sp³-hybridized carbons (Fsp3) is 0.143. The number of hydrogen-bond donors (Lipinski definition) is 1. The summed E-state index contributed by atoms with van der Waals surface area (Å²) in [7, 11) is -3.67. The van der Waals surface area contributed by atoms with Crippen LogP contribution in [0.1, 0.15) is 24.1 Å². The van der Waals surface area contributed by atoms with E-state index in [2.05, 4.69) is 5.32 Å². The average molecular weight is 420 g/mol. The summed E-state index contributed by atoms with van der Waals surface area (Å²) in [6.45, 7) is 2.53. The Morgan fingerprint density at radius 3 is 2.37 bits per heavy atom. The third-order valence-electron chi connectivity index (χ3n) is 4.30. The summed E-state index contributed by atoms with van der Waals surface area (Å²) in [6, 6.07) is 21.1. The van der Waals surface area contributed by atoms with Gasteiger partial charge >= 0.3 is 0 Å². The summed E-state index contributed by atoms with van der Waals surface area (Å²) in [4.78, 5) is 0.342. The van der Waals surface area contributed by atoms with E-state index in [0.29, 0.717) is 11.6 Å². The highest BCUT2D eigenvalue weighted by Gasteiger charge is 2.21. The molecule has 140 valence electrons. The molecule has 27 heavy (non-hydrogen) atoms. The van der Waals surface area contributed by atoms with Crippen molar-refractivity contribution < 1.29 is 8.42 Å². The molecule has 0 aliphatic rings. The first-order valence-electron chi connectivity index (χ1n) is 8.45. The van der Waals surface area contributed by atoms with E-state index in [1.165, 1.54) is 0 Å². The zero-order chi connectivity index (χ0) is 19.4. The second kappa shape index (κ2) is 8.44. The molecule has 1 unspecified atom stereocenters. The van der Waals surface area contributed by atoms with Crippen molar-refractivity contribution in [2.75, 3.05) is 0 Å². The molecule has 3 rings (SSSR count). The number of nitrogens with one attached hydrogen (secondary N) is 1. The van der Waals surface area contributed by atoms with Crippen molar-refractivity contribution in [3.05, 3.63) is 94.0 Å². The third kappa shape index (κ3) is 4.71. The maximum absolute atomic E-state index is 12.9. The monoisotopic (exact) mass is 419 g/mol. The van der Waals surface area contributed by atoms with Gasteiger partial charge < -0.3 is 5.32 Å². The fourth-order valence-corrected chi connectivity index (χ4v) is 4.78. The van der Waals surface area contributed by atoms with E-state index in [-0.39, 0.29) is 20.9 Å². The van der Waals surface area contributed by atoms with Gasteiger partial charge in [0.15, 0.2) is 0 Å². The Balaban J connectivity index is 1.82. The van der Waals surface area contributed by atoms with Crippen LogP contribution in [0.5, 0.6) is 0 Å². The lowest BCUT2D eigenvalue weighted by Crippen LogP contribution is -2.18. The van der Waals surface area contributed by atoms with Crippen molar-refractivity contribution in [1.29, 1.82) is 0 Å². The zero-order valence-corrected chi connectivity index (χ0v) is 17.0. The van der Waals surface area contributed by atoms with Crippen molar-refractivity contribution in [1.82, 2.24) is 5.32 Å². The summed E-state index contributed by atoms with van der Waals surface area (Å²) >= 11 is 12.2. The van der Waals surface area contributed by atoms with E-state index < -0.39 is 9.84 Å². The molecule has 0 heterocycles. The van der Waals surface area contributed by atoms with Crippen LogP contribution in [0.15, 0.2) is 82.6 Å². The predicted molar refractivity (Wildman–Crippen MR) is 110 cm³/mol. The summed E-state index contributed by atoms with van der Waals surface area (Å²) < 4.78 is 25.8. The maximum atomic E-state index is 12.9. The summed E-state index contributed by atoms with van der Waals surface area (Å²) in [5.41, 5.74) is 1.90. The number of sulfone groups is 1. The second-order valence-corrected chi connectivity index (χ2v) is 9.00. The largest absolute Gasteiger partial charge is 0.306 e. The maximum Gasteiger partial charge on any atom is 0.208 e. The highest BCUT2D eigenvalue weighted by atomic mass is 35.5. The molecule has 3 nitrogen and oxygen atoms in total. The smallest absolute Gasteiger partial charge is 0.208 e. The molecular weight excluding hydrogens is 401 g/mol. The minimum atomic E-state index is -3.67. The molecule has 0 saturated carbocycles. The van der Waals surface area contributed by atoms with E-state index in [1.54, 1.807) is 42.5 Å². The van der Waals surface area contributed by atoms with Crippen LogP contribution in [-0.4, -0.2) is 8.42 Å². The fourth-order valence-electron chi connectivity index (χ4n) is 2.76. The first kappa shape index (κ1) is 19.9. The Kier molecular flexibility index (Phi) is 6.22. The standard InChI is InChI=1S/C21H19Cl2NO2S/c1-15(17-6-5-7-18(22)13-17)24-14-16-10-11-20(23)21(12-16)27(25,26)19-8-3-2-4-9-19/h2-13,15,24H,14H2,1H3. The number of rotatable bonds is 6. The van der Waals surface area contributed by atoms with Crippen molar-refractivity contribution in [2.45, 2.75) is 29.3 Å². The van der Waals surface area contributed by atoms with E-state index in [1.807, 2.05) is 37.3 Å². The van der Waals surface area contributed by atoms with Crippen LogP contribution >= 0.6 is 23.2 Å². The third-order valence-corrected chi connectivity index (χ3v) is 6.79.